The second-order valence-corrected chi connectivity index (χ2v) is 8.61. The van der Waals surface area contributed by atoms with Crippen molar-refractivity contribution in [1.82, 2.24) is 25.1 Å². The predicted molar refractivity (Wildman–Crippen MR) is 83.2 cm³/mol. The van der Waals surface area contributed by atoms with E-state index in [9.17, 15) is 23.1 Å². The first kappa shape index (κ1) is 21.6. The van der Waals surface area contributed by atoms with E-state index in [0.29, 0.717) is 11.3 Å². The average molecular weight is 430 g/mol. The molecule has 1 saturated heterocycles. The summed E-state index contributed by atoms with van der Waals surface area (Å²) in [5.74, 6) is -2.40. The summed E-state index contributed by atoms with van der Waals surface area (Å²) in [4.78, 5) is 24.4. The summed E-state index contributed by atoms with van der Waals surface area (Å²) >= 11 is 2.30. The molecule has 0 spiro atoms. The summed E-state index contributed by atoms with van der Waals surface area (Å²) in [5, 5.41) is 21.5. The molecule has 0 bridgehead atoms. The van der Waals surface area contributed by atoms with Gasteiger partial charge in [0.25, 0.3) is 10.1 Å². The molecule has 0 radical (unpaired) electrons. The molecular formula is C10H11N6NaO6S3. The molecule has 1 aromatic heterocycles. The van der Waals surface area contributed by atoms with Crippen molar-refractivity contribution in [3.05, 3.63) is 11.3 Å². The first-order valence-electron chi connectivity index (χ1n) is 6.67. The number of carboxylic acids is 1. The van der Waals surface area contributed by atoms with Gasteiger partial charge in [-0.1, -0.05) is 11.8 Å². The molecule has 1 amide bonds. The van der Waals surface area contributed by atoms with Gasteiger partial charge >= 0.3 is 29.6 Å². The molecule has 2 atom stereocenters. The second kappa shape index (κ2) is 8.14. The largest absolute Gasteiger partial charge is 1.00 e. The van der Waals surface area contributed by atoms with Crippen LogP contribution in [-0.4, -0.2) is 72.9 Å². The van der Waals surface area contributed by atoms with Gasteiger partial charge in [0.15, 0.2) is 5.88 Å². The minimum absolute atomic E-state index is 0. The monoisotopic (exact) mass is 430 g/mol. The van der Waals surface area contributed by atoms with E-state index in [2.05, 4.69) is 15.5 Å². The standard InChI is InChI=1S/C10H12N6O6S3.Na/c11-5-7(17)16-6(9(18)19)4(1-23-8(5)16)2-24-10-12-13-14-15(10)3-25(20,21)22;/h5,8H,1-3,11H2,(H,18,19)(H,20,21,22);/q;+1/p-1/t5?,8-;/m0./s1. The zero-order valence-electron chi connectivity index (χ0n) is 13.3. The Hall–Kier alpha value is -0.680. The van der Waals surface area contributed by atoms with Crippen LogP contribution in [0.25, 0.3) is 0 Å². The predicted octanol–water partition coefficient (Wildman–Crippen LogP) is -6.14. The van der Waals surface area contributed by atoms with Gasteiger partial charge in [-0.2, -0.15) is 8.42 Å². The molecule has 3 N–H and O–H groups in total. The van der Waals surface area contributed by atoms with Gasteiger partial charge in [-0.05, 0) is 16.0 Å². The minimum atomic E-state index is -4.34. The number of carbonyl (C=O) groups excluding carboxylic acids is 2. The van der Waals surface area contributed by atoms with Crippen molar-refractivity contribution < 1.29 is 57.2 Å². The van der Waals surface area contributed by atoms with Crippen molar-refractivity contribution in [3.8, 4) is 0 Å². The Kier molecular flexibility index (Phi) is 6.76. The summed E-state index contributed by atoms with van der Waals surface area (Å²) in [5.41, 5.74) is 5.84. The Morgan fingerprint density at radius 2 is 2.19 bits per heavy atom. The molecule has 1 aromatic rings. The third kappa shape index (κ3) is 4.24. The molecule has 0 aromatic carbocycles. The average Bonchev–Trinajstić information content (AvgIpc) is 2.96. The number of amides is 1. The number of fused-ring (bicyclic) bond motifs is 1. The number of carbonyl (C=O) groups is 2. The molecule has 0 saturated carbocycles. The van der Waals surface area contributed by atoms with Gasteiger partial charge in [-0.25, -0.2) is 4.68 Å². The van der Waals surface area contributed by atoms with Crippen LogP contribution in [-0.2, 0) is 25.6 Å². The van der Waals surface area contributed by atoms with E-state index >= 15 is 0 Å². The van der Waals surface area contributed by atoms with Crippen LogP contribution >= 0.6 is 23.5 Å². The summed E-state index contributed by atoms with van der Waals surface area (Å²) < 4.78 is 31.6. The van der Waals surface area contributed by atoms with E-state index in [-0.39, 0.29) is 46.2 Å². The van der Waals surface area contributed by atoms with E-state index in [1.54, 1.807) is 0 Å². The van der Waals surface area contributed by atoms with Gasteiger partial charge < -0.3 is 15.6 Å². The molecule has 1 fully saturated rings. The van der Waals surface area contributed by atoms with E-state index in [1.165, 1.54) is 11.8 Å². The third-order valence-corrected chi connectivity index (χ3v) is 6.42. The molecule has 2 aliphatic heterocycles. The number of rotatable bonds is 6. The minimum Gasteiger partial charge on any atom is -0.543 e. The van der Waals surface area contributed by atoms with Crippen molar-refractivity contribution in [2.45, 2.75) is 22.4 Å². The van der Waals surface area contributed by atoms with Gasteiger partial charge in [0.1, 0.15) is 11.4 Å². The van der Waals surface area contributed by atoms with E-state index in [1.807, 2.05) is 0 Å². The van der Waals surface area contributed by atoms with Crippen LogP contribution in [0.2, 0.25) is 0 Å². The number of carboxylic acid groups (broad SMARTS) is 1. The van der Waals surface area contributed by atoms with Crippen molar-refractivity contribution >= 4 is 45.5 Å². The molecule has 0 aliphatic carbocycles. The molecule has 1 unspecified atom stereocenters. The van der Waals surface area contributed by atoms with Gasteiger partial charge in [-0.15, -0.1) is 16.9 Å². The Morgan fingerprint density at radius 1 is 1.50 bits per heavy atom. The van der Waals surface area contributed by atoms with Crippen molar-refractivity contribution in [1.29, 1.82) is 0 Å². The van der Waals surface area contributed by atoms with Crippen molar-refractivity contribution in [3.63, 3.8) is 0 Å². The van der Waals surface area contributed by atoms with Crippen LogP contribution in [0.5, 0.6) is 0 Å². The van der Waals surface area contributed by atoms with Crippen molar-refractivity contribution in [2.75, 3.05) is 11.5 Å². The third-order valence-electron chi connectivity index (χ3n) is 3.44. The SMILES string of the molecule is NC1C(=O)N2C(C(=O)[O-])=C(CSc3nnnn3CS(=O)(=O)O)CS[C@@H]12.[Na+]. The number of aromatic nitrogens is 4. The van der Waals surface area contributed by atoms with Crippen LogP contribution < -0.4 is 40.4 Å². The zero-order chi connectivity index (χ0) is 18.4. The molecule has 26 heavy (non-hydrogen) atoms. The van der Waals surface area contributed by atoms with Crippen LogP contribution in [0.3, 0.4) is 0 Å². The fourth-order valence-corrected chi connectivity index (χ4v) is 5.24. The maximum Gasteiger partial charge on any atom is 1.00 e. The number of nitrogens with zero attached hydrogens (tertiary/aromatic N) is 5. The molecule has 2 aliphatic rings. The van der Waals surface area contributed by atoms with Crippen LogP contribution in [0.1, 0.15) is 0 Å². The maximum atomic E-state index is 11.8. The number of hydrogen-bond acceptors (Lipinski definition) is 11. The maximum absolute atomic E-state index is 11.8. The molecule has 12 nitrogen and oxygen atoms in total. The van der Waals surface area contributed by atoms with E-state index in [0.717, 1.165) is 21.3 Å². The van der Waals surface area contributed by atoms with Gasteiger partial charge in [0.05, 0.1) is 11.7 Å². The van der Waals surface area contributed by atoms with Crippen LogP contribution in [0, 0.1) is 0 Å². The number of β-lactam (4-membered cyclic amide) rings is 1. The summed E-state index contributed by atoms with van der Waals surface area (Å²) in [7, 11) is -4.34. The van der Waals surface area contributed by atoms with Gasteiger partial charge in [-0.3, -0.25) is 14.2 Å². The Balaban J connectivity index is 0.00000243. The van der Waals surface area contributed by atoms with Crippen LogP contribution in [0.15, 0.2) is 16.4 Å². The number of thioether (sulfide) groups is 2. The summed E-state index contributed by atoms with van der Waals surface area (Å²) in [6, 6.07) is -0.740. The number of hydrogen-bond donors (Lipinski definition) is 2. The topological polar surface area (TPSA) is 184 Å². The normalized spacial score (nSPS) is 22.5. The Bertz CT molecular complexity index is 872. The van der Waals surface area contributed by atoms with E-state index < -0.39 is 39.3 Å². The van der Waals surface area contributed by atoms with Gasteiger partial charge in [0, 0.05) is 11.5 Å². The number of tetrazole rings is 1. The van der Waals surface area contributed by atoms with E-state index in [4.69, 9.17) is 10.3 Å². The first-order valence-corrected chi connectivity index (χ1v) is 10.3. The fourth-order valence-electron chi connectivity index (χ4n) is 2.37. The molecule has 3 heterocycles. The second-order valence-electron chi connectivity index (χ2n) is 5.14. The Labute approximate surface area is 178 Å². The summed E-state index contributed by atoms with van der Waals surface area (Å²) in [6.45, 7) is 0. The molecule has 16 heteroatoms. The van der Waals surface area contributed by atoms with Crippen LogP contribution in [0.4, 0.5) is 0 Å². The molecular weight excluding hydrogens is 419 g/mol. The molecule has 136 valence electrons. The number of aliphatic carboxylic acids is 1. The Morgan fingerprint density at radius 3 is 2.81 bits per heavy atom. The zero-order valence-corrected chi connectivity index (χ0v) is 17.8. The number of nitrogens with two attached hydrogens (primary N) is 1. The quantitative estimate of drug-likeness (QED) is 0.189. The van der Waals surface area contributed by atoms with Gasteiger partial charge in [0.2, 0.25) is 11.1 Å². The molecule has 3 rings (SSSR count). The fraction of sp³-hybridized carbons (Fsp3) is 0.500. The summed E-state index contributed by atoms with van der Waals surface area (Å²) in [6.07, 6.45) is 0. The van der Waals surface area contributed by atoms with Crippen molar-refractivity contribution in [2.24, 2.45) is 5.73 Å². The first-order chi connectivity index (χ1) is 11.7. The smallest absolute Gasteiger partial charge is 0.543 e.